The lowest BCUT2D eigenvalue weighted by molar-refractivity contribution is -0.199. The van der Waals surface area contributed by atoms with E-state index >= 15 is 0 Å². The van der Waals surface area contributed by atoms with E-state index in [1.54, 1.807) is 0 Å². The number of methoxy groups -OCH3 is 3. The van der Waals surface area contributed by atoms with Gasteiger partial charge < -0.3 is 24.3 Å². The van der Waals surface area contributed by atoms with Gasteiger partial charge in [-0.3, -0.25) is 4.79 Å². The fourth-order valence-corrected chi connectivity index (χ4v) is 2.60. The van der Waals surface area contributed by atoms with Gasteiger partial charge in [-0.25, -0.2) is 4.79 Å². The molecule has 0 unspecified atom stereocenters. The first-order valence-corrected chi connectivity index (χ1v) is 8.31. The summed E-state index contributed by atoms with van der Waals surface area (Å²) in [6.45, 7) is 0.265. The van der Waals surface area contributed by atoms with Crippen LogP contribution in [-0.4, -0.2) is 57.0 Å². The Kier molecular flexibility index (Phi) is 8.91. The molecule has 0 fully saturated rings. The number of alkyl halides is 1. The molecule has 0 aliphatic carbocycles. The number of amides is 1. The summed E-state index contributed by atoms with van der Waals surface area (Å²) in [5.41, 5.74) is 0.955. The van der Waals surface area contributed by atoms with Crippen molar-refractivity contribution in [3.8, 4) is 0 Å². The van der Waals surface area contributed by atoms with Crippen LogP contribution in [-0.2, 0) is 35.1 Å². The summed E-state index contributed by atoms with van der Waals surface area (Å²) in [5.74, 6) is -2.76. The molecule has 0 saturated carbocycles. The summed E-state index contributed by atoms with van der Waals surface area (Å²) >= 11 is 3.16. The van der Waals surface area contributed by atoms with Gasteiger partial charge in [0.15, 0.2) is 6.04 Å². The molecule has 0 aliphatic rings. The Bertz CT molecular complexity index is 512. The first kappa shape index (κ1) is 20.6. The molecule has 0 aliphatic heterocycles. The topological polar surface area (TPSA) is 83.1 Å². The van der Waals surface area contributed by atoms with Gasteiger partial charge in [0.2, 0.25) is 0 Å². The normalized spacial score (nSPS) is 12.5. The van der Waals surface area contributed by atoms with Crippen molar-refractivity contribution in [2.24, 2.45) is 0 Å². The van der Waals surface area contributed by atoms with E-state index in [0.29, 0.717) is 6.61 Å². The van der Waals surface area contributed by atoms with Gasteiger partial charge in [0.05, 0.1) is 25.7 Å². The summed E-state index contributed by atoms with van der Waals surface area (Å²) < 4.78 is 20.4. The van der Waals surface area contributed by atoms with Crippen LogP contribution in [0.15, 0.2) is 30.3 Å². The molecule has 1 atom stereocenters. The van der Waals surface area contributed by atoms with E-state index in [1.165, 1.54) is 21.3 Å². The third-order valence-corrected chi connectivity index (χ3v) is 4.11. The van der Waals surface area contributed by atoms with Crippen LogP contribution in [0.3, 0.4) is 0 Å². The predicted octanol–water partition coefficient (Wildman–Crippen LogP) is 1.24. The highest BCUT2D eigenvalue weighted by atomic mass is 79.9. The van der Waals surface area contributed by atoms with Crippen molar-refractivity contribution >= 4 is 27.8 Å². The highest BCUT2D eigenvalue weighted by Gasteiger charge is 2.40. The molecule has 1 rings (SSSR count). The van der Waals surface area contributed by atoms with Gasteiger partial charge in [-0.05, 0) is 5.56 Å². The Morgan fingerprint density at radius 3 is 2.29 bits per heavy atom. The van der Waals surface area contributed by atoms with Crippen molar-refractivity contribution in [3.63, 3.8) is 0 Å². The Balaban J connectivity index is 2.68. The fraction of sp³-hybridized carbons (Fsp3) is 0.500. The minimum Gasteiger partial charge on any atom is -0.467 e. The van der Waals surface area contributed by atoms with Gasteiger partial charge in [-0.1, -0.05) is 46.3 Å². The first-order valence-electron chi connectivity index (χ1n) is 7.19. The lowest BCUT2D eigenvalue weighted by Gasteiger charge is -2.29. The zero-order chi connectivity index (χ0) is 18.0. The fourth-order valence-electron chi connectivity index (χ4n) is 1.89. The minimum absolute atomic E-state index is 0.0426. The molecular formula is C16H22BrNO6. The molecule has 1 N–H and O–H groups in total. The number of halogens is 1. The van der Waals surface area contributed by atoms with Crippen LogP contribution in [0.2, 0.25) is 0 Å². The molecule has 0 bridgehead atoms. The number of esters is 1. The standard InChI is InChI=1S/C16H22BrNO6/c1-21-14(19)13(10-24-9-12-7-5-4-6-8-12)18-15(20)16(11-17,22-2)23-3/h4-8,13H,9-11H2,1-3H3,(H,18,20)/t13-/m0/s1. The van der Waals surface area contributed by atoms with Gasteiger partial charge >= 0.3 is 5.97 Å². The van der Waals surface area contributed by atoms with Crippen LogP contribution in [0.1, 0.15) is 5.56 Å². The number of rotatable bonds is 10. The van der Waals surface area contributed by atoms with Crippen molar-refractivity contribution in [2.45, 2.75) is 18.4 Å². The second-order valence-corrected chi connectivity index (χ2v) is 5.41. The van der Waals surface area contributed by atoms with E-state index in [-0.39, 0.29) is 11.9 Å². The SMILES string of the molecule is COC(=O)[C@H](COCc1ccccc1)NC(=O)C(CBr)(OC)OC. The average Bonchev–Trinajstić information content (AvgIpc) is 2.63. The van der Waals surface area contributed by atoms with Crippen molar-refractivity contribution in [2.75, 3.05) is 33.3 Å². The Hall–Kier alpha value is -1.48. The molecule has 0 heterocycles. The highest BCUT2D eigenvalue weighted by molar-refractivity contribution is 9.09. The maximum atomic E-state index is 12.4. The van der Waals surface area contributed by atoms with Crippen LogP contribution >= 0.6 is 15.9 Å². The summed E-state index contributed by atoms with van der Waals surface area (Å²) in [6, 6.07) is 8.50. The van der Waals surface area contributed by atoms with E-state index in [1.807, 2.05) is 30.3 Å². The van der Waals surface area contributed by atoms with E-state index < -0.39 is 23.7 Å². The number of carbonyl (C=O) groups excluding carboxylic acids is 2. The van der Waals surface area contributed by atoms with Crippen molar-refractivity contribution in [3.05, 3.63) is 35.9 Å². The maximum absolute atomic E-state index is 12.4. The molecule has 1 amide bonds. The molecule has 7 nitrogen and oxygen atoms in total. The number of benzene rings is 1. The Labute approximate surface area is 149 Å². The number of hydrogen-bond donors (Lipinski definition) is 1. The smallest absolute Gasteiger partial charge is 0.330 e. The van der Waals surface area contributed by atoms with Gasteiger partial charge in [0.1, 0.15) is 0 Å². The van der Waals surface area contributed by atoms with E-state index in [2.05, 4.69) is 21.2 Å². The minimum atomic E-state index is -1.54. The van der Waals surface area contributed by atoms with Crippen LogP contribution in [0.5, 0.6) is 0 Å². The molecule has 0 saturated heterocycles. The second kappa shape index (κ2) is 10.4. The molecule has 1 aromatic rings. The number of nitrogens with one attached hydrogen (secondary N) is 1. The Morgan fingerprint density at radius 2 is 1.79 bits per heavy atom. The zero-order valence-corrected chi connectivity index (χ0v) is 15.5. The summed E-state index contributed by atoms with van der Waals surface area (Å²) in [6.07, 6.45) is 0. The third-order valence-electron chi connectivity index (χ3n) is 3.37. The van der Waals surface area contributed by atoms with Crippen LogP contribution < -0.4 is 5.32 Å². The predicted molar refractivity (Wildman–Crippen MR) is 90.6 cm³/mol. The van der Waals surface area contributed by atoms with Crippen molar-refractivity contribution < 1.29 is 28.5 Å². The number of hydrogen-bond acceptors (Lipinski definition) is 6. The van der Waals surface area contributed by atoms with Crippen LogP contribution in [0, 0.1) is 0 Å². The highest BCUT2D eigenvalue weighted by Crippen LogP contribution is 2.15. The molecule has 24 heavy (non-hydrogen) atoms. The quantitative estimate of drug-likeness (QED) is 0.359. The Morgan fingerprint density at radius 1 is 1.17 bits per heavy atom. The molecule has 134 valence electrons. The molecular weight excluding hydrogens is 382 g/mol. The zero-order valence-electron chi connectivity index (χ0n) is 13.9. The van der Waals surface area contributed by atoms with Crippen molar-refractivity contribution in [1.29, 1.82) is 0 Å². The molecule has 8 heteroatoms. The largest absolute Gasteiger partial charge is 0.467 e. The van der Waals surface area contributed by atoms with Gasteiger partial charge in [0.25, 0.3) is 11.7 Å². The summed E-state index contributed by atoms with van der Waals surface area (Å²) in [5, 5.41) is 2.62. The lowest BCUT2D eigenvalue weighted by atomic mass is 10.2. The van der Waals surface area contributed by atoms with Crippen LogP contribution in [0.25, 0.3) is 0 Å². The summed E-state index contributed by atoms with van der Waals surface area (Å²) in [7, 11) is 3.91. The summed E-state index contributed by atoms with van der Waals surface area (Å²) in [4.78, 5) is 24.2. The van der Waals surface area contributed by atoms with E-state index in [0.717, 1.165) is 5.56 Å². The average molecular weight is 404 g/mol. The molecule has 0 spiro atoms. The molecule has 1 aromatic carbocycles. The number of carbonyl (C=O) groups is 2. The monoisotopic (exact) mass is 403 g/mol. The number of ether oxygens (including phenoxy) is 4. The van der Waals surface area contributed by atoms with Gasteiger partial charge in [0, 0.05) is 14.2 Å². The van der Waals surface area contributed by atoms with Gasteiger partial charge in [-0.2, -0.15) is 0 Å². The van der Waals surface area contributed by atoms with E-state index in [4.69, 9.17) is 18.9 Å². The molecule has 0 aromatic heterocycles. The van der Waals surface area contributed by atoms with Crippen molar-refractivity contribution in [1.82, 2.24) is 5.32 Å². The maximum Gasteiger partial charge on any atom is 0.330 e. The van der Waals surface area contributed by atoms with E-state index in [9.17, 15) is 9.59 Å². The van der Waals surface area contributed by atoms with Crippen LogP contribution in [0.4, 0.5) is 0 Å². The third kappa shape index (κ3) is 5.55. The van der Waals surface area contributed by atoms with Gasteiger partial charge in [-0.15, -0.1) is 0 Å². The first-order chi connectivity index (χ1) is 11.5. The second-order valence-electron chi connectivity index (χ2n) is 4.84. The lowest BCUT2D eigenvalue weighted by Crippen LogP contribution is -2.56. The molecule has 0 radical (unpaired) electrons.